The number of nitrogens with two attached hydrogens (primary N) is 1. The number of hydrogen-bond acceptors (Lipinski definition) is 2. The lowest BCUT2D eigenvalue weighted by Crippen LogP contribution is -2.47. The van der Waals surface area contributed by atoms with Gasteiger partial charge in [-0.25, -0.2) is 0 Å². The number of carbonyl (C=O) groups excluding carboxylic acids is 2. The fraction of sp³-hybridized carbons (Fsp3) is 0.167. The Morgan fingerprint density at radius 2 is 1.39 bits per heavy atom. The van der Waals surface area contributed by atoms with Gasteiger partial charge in [0.05, 0.1) is 11.5 Å². The second-order valence-electron chi connectivity index (χ2n) is 7.47. The molecule has 0 bridgehead atoms. The number of hydrogen-bond donors (Lipinski definition) is 2. The molecule has 1 atom stereocenters. The van der Waals surface area contributed by atoms with Gasteiger partial charge >= 0.3 is 6.18 Å². The van der Waals surface area contributed by atoms with Gasteiger partial charge in [-0.15, -0.1) is 0 Å². The van der Waals surface area contributed by atoms with Crippen LogP contribution in [0.15, 0.2) is 72.8 Å². The average Bonchev–Trinajstić information content (AvgIpc) is 3.07. The Bertz CT molecular complexity index is 1090. The summed E-state index contributed by atoms with van der Waals surface area (Å²) in [4.78, 5) is 25.2. The molecule has 0 saturated carbocycles. The Balaban J connectivity index is 1.57. The van der Waals surface area contributed by atoms with Crippen molar-refractivity contribution in [2.75, 3.05) is 0 Å². The van der Waals surface area contributed by atoms with E-state index in [4.69, 9.17) is 5.73 Å². The number of nitrogens with one attached hydrogen (secondary N) is 1. The molecular weight excluding hydrogens is 405 g/mol. The molecule has 1 aliphatic rings. The Morgan fingerprint density at radius 3 is 1.87 bits per heavy atom. The Morgan fingerprint density at radius 1 is 0.871 bits per heavy atom. The minimum Gasteiger partial charge on any atom is -0.368 e. The topological polar surface area (TPSA) is 72.2 Å². The standard InChI is InChI=1S/C24H19F3N2O2/c25-24(26,27)15-11-9-14(10-12-15)13-20(22(28)30)29-23(31)21-18-7-3-1-5-16(18)17-6-2-4-8-19(17)21/h1-12,20-21H,13H2,(H2,28,30)(H,29,31)/t20-/m1/s1. The molecular formula is C24H19F3N2O2. The van der Waals surface area contributed by atoms with Crippen LogP contribution < -0.4 is 11.1 Å². The van der Waals surface area contributed by atoms with E-state index in [1.54, 1.807) is 0 Å². The van der Waals surface area contributed by atoms with Crippen molar-refractivity contribution in [3.63, 3.8) is 0 Å². The lowest BCUT2D eigenvalue weighted by atomic mass is 9.95. The van der Waals surface area contributed by atoms with Gasteiger partial charge in [-0.2, -0.15) is 13.2 Å². The third kappa shape index (κ3) is 4.03. The van der Waals surface area contributed by atoms with E-state index in [2.05, 4.69) is 5.32 Å². The maximum atomic E-state index is 13.2. The molecule has 31 heavy (non-hydrogen) atoms. The first-order valence-electron chi connectivity index (χ1n) is 9.70. The van der Waals surface area contributed by atoms with E-state index in [9.17, 15) is 22.8 Å². The van der Waals surface area contributed by atoms with Gasteiger partial charge in [-0.1, -0.05) is 60.7 Å². The Hall–Kier alpha value is -3.61. The van der Waals surface area contributed by atoms with Crippen LogP contribution in [-0.2, 0) is 22.2 Å². The first-order chi connectivity index (χ1) is 14.8. The Kier molecular flexibility index (Phi) is 5.27. The van der Waals surface area contributed by atoms with Crippen molar-refractivity contribution in [2.24, 2.45) is 5.73 Å². The number of alkyl halides is 3. The zero-order valence-corrected chi connectivity index (χ0v) is 16.3. The van der Waals surface area contributed by atoms with Crippen molar-refractivity contribution in [1.29, 1.82) is 0 Å². The van der Waals surface area contributed by atoms with Crippen LogP contribution in [0, 0.1) is 0 Å². The van der Waals surface area contributed by atoms with Crippen molar-refractivity contribution in [2.45, 2.75) is 24.6 Å². The maximum Gasteiger partial charge on any atom is 0.416 e. The summed E-state index contributed by atoms with van der Waals surface area (Å²) >= 11 is 0. The molecule has 1 aliphatic carbocycles. The van der Waals surface area contributed by atoms with Crippen LogP contribution in [0.2, 0.25) is 0 Å². The summed E-state index contributed by atoms with van der Waals surface area (Å²) in [5.74, 6) is -1.73. The highest BCUT2D eigenvalue weighted by Gasteiger charge is 2.35. The van der Waals surface area contributed by atoms with Crippen LogP contribution >= 0.6 is 0 Å². The Labute approximate surface area is 176 Å². The van der Waals surface area contributed by atoms with E-state index in [0.29, 0.717) is 5.56 Å². The minimum absolute atomic E-state index is 0.00474. The van der Waals surface area contributed by atoms with E-state index in [0.717, 1.165) is 34.4 Å². The van der Waals surface area contributed by atoms with Crippen molar-refractivity contribution in [3.05, 3.63) is 95.1 Å². The summed E-state index contributed by atoms with van der Waals surface area (Å²) in [5.41, 5.74) is 8.74. The lowest BCUT2D eigenvalue weighted by molar-refractivity contribution is -0.137. The largest absolute Gasteiger partial charge is 0.416 e. The van der Waals surface area contributed by atoms with Gasteiger partial charge in [0.15, 0.2) is 0 Å². The fourth-order valence-electron chi connectivity index (χ4n) is 3.98. The molecule has 0 aliphatic heterocycles. The third-order valence-corrected chi connectivity index (χ3v) is 5.48. The molecule has 3 aromatic carbocycles. The molecule has 0 saturated heterocycles. The number of halogens is 3. The van der Waals surface area contributed by atoms with Gasteiger partial charge < -0.3 is 11.1 Å². The highest BCUT2D eigenvalue weighted by molar-refractivity contribution is 5.98. The van der Waals surface area contributed by atoms with Crippen LogP contribution in [0.5, 0.6) is 0 Å². The van der Waals surface area contributed by atoms with Gasteiger partial charge in [0.1, 0.15) is 6.04 Å². The van der Waals surface area contributed by atoms with Crippen LogP contribution in [0.1, 0.15) is 28.2 Å². The first kappa shape index (κ1) is 20.7. The van der Waals surface area contributed by atoms with Gasteiger partial charge in [-0.3, -0.25) is 9.59 Å². The monoisotopic (exact) mass is 424 g/mol. The van der Waals surface area contributed by atoms with Crippen molar-refractivity contribution >= 4 is 11.8 Å². The lowest BCUT2D eigenvalue weighted by Gasteiger charge is -2.20. The number of primary amides is 1. The molecule has 158 valence electrons. The van der Waals surface area contributed by atoms with Crippen molar-refractivity contribution in [1.82, 2.24) is 5.32 Å². The maximum absolute atomic E-state index is 13.2. The number of rotatable bonds is 5. The summed E-state index contributed by atoms with van der Waals surface area (Å²) in [7, 11) is 0. The molecule has 0 fully saturated rings. The van der Waals surface area contributed by atoms with Gasteiger partial charge in [0.2, 0.25) is 11.8 Å². The van der Waals surface area contributed by atoms with Crippen LogP contribution in [0.4, 0.5) is 13.2 Å². The summed E-state index contributed by atoms with van der Waals surface area (Å²) in [6.45, 7) is 0. The predicted molar refractivity (Wildman–Crippen MR) is 110 cm³/mol. The SMILES string of the molecule is NC(=O)[C@@H](Cc1ccc(C(F)(F)F)cc1)NC(=O)C1c2ccccc2-c2ccccc21. The predicted octanol–water partition coefficient (Wildman–Crippen LogP) is 4.03. The normalized spacial score (nSPS) is 13.9. The highest BCUT2D eigenvalue weighted by atomic mass is 19.4. The molecule has 0 aromatic heterocycles. The first-order valence-corrected chi connectivity index (χ1v) is 9.70. The molecule has 4 rings (SSSR count). The van der Waals surface area contributed by atoms with Crippen LogP contribution in [0.3, 0.4) is 0 Å². The van der Waals surface area contributed by atoms with E-state index < -0.39 is 29.6 Å². The zero-order chi connectivity index (χ0) is 22.2. The van der Waals surface area contributed by atoms with Crippen molar-refractivity contribution in [3.8, 4) is 11.1 Å². The number of benzene rings is 3. The van der Waals surface area contributed by atoms with E-state index >= 15 is 0 Å². The number of carbonyl (C=O) groups is 2. The summed E-state index contributed by atoms with van der Waals surface area (Å²) in [6, 6.07) is 18.5. The second kappa shape index (κ2) is 7.91. The molecule has 0 heterocycles. The third-order valence-electron chi connectivity index (χ3n) is 5.48. The molecule has 0 radical (unpaired) electrons. The van der Waals surface area contributed by atoms with Gasteiger partial charge in [0.25, 0.3) is 0 Å². The molecule has 7 heteroatoms. The molecule has 4 nitrogen and oxygen atoms in total. The van der Waals surface area contributed by atoms with E-state index in [-0.39, 0.29) is 12.3 Å². The summed E-state index contributed by atoms with van der Waals surface area (Å²) < 4.78 is 38.3. The quantitative estimate of drug-likeness (QED) is 0.649. The van der Waals surface area contributed by atoms with Crippen LogP contribution in [-0.4, -0.2) is 17.9 Å². The number of fused-ring (bicyclic) bond motifs is 3. The summed E-state index contributed by atoms with van der Waals surface area (Å²) in [5, 5.41) is 2.70. The summed E-state index contributed by atoms with van der Waals surface area (Å²) in [6.07, 6.45) is -4.45. The average molecular weight is 424 g/mol. The fourth-order valence-corrected chi connectivity index (χ4v) is 3.98. The van der Waals surface area contributed by atoms with E-state index in [1.807, 2.05) is 48.5 Å². The molecule has 0 spiro atoms. The minimum atomic E-state index is -4.45. The van der Waals surface area contributed by atoms with Crippen molar-refractivity contribution < 1.29 is 22.8 Å². The van der Waals surface area contributed by atoms with E-state index in [1.165, 1.54) is 12.1 Å². The number of amides is 2. The van der Waals surface area contributed by atoms with Gasteiger partial charge in [0, 0.05) is 6.42 Å². The van der Waals surface area contributed by atoms with Crippen LogP contribution in [0.25, 0.3) is 11.1 Å². The molecule has 3 N–H and O–H groups in total. The zero-order valence-electron chi connectivity index (χ0n) is 16.3. The molecule has 2 amide bonds. The molecule has 0 unspecified atom stereocenters. The smallest absolute Gasteiger partial charge is 0.368 e. The highest BCUT2D eigenvalue weighted by Crippen LogP contribution is 2.44. The molecule has 3 aromatic rings. The second-order valence-corrected chi connectivity index (χ2v) is 7.47. The van der Waals surface area contributed by atoms with Gasteiger partial charge in [-0.05, 0) is 39.9 Å².